The molecule has 19 heavy (non-hydrogen) atoms. The van der Waals surface area contributed by atoms with Crippen LogP contribution in [0.4, 0.5) is 10.1 Å². The molecule has 2 aromatic carbocycles. The average Bonchev–Trinajstić information content (AvgIpc) is 2.38. The summed E-state index contributed by atoms with van der Waals surface area (Å²) in [6.45, 7) is 2.16. The Morgan fingerprint density at radius 1 is 1.11 bits per heavy atom. The van der Waals surface area contributed by atoms with Crippen molar-refractivity contribution in [1.29, 1.82) is 0 Å². The first kappa shape index (κ1) is 13.2. The molecule has 2 rings (SSSR count). The molecule has 0 unspecified atom stereocenters. The number of ether oxygens (including phenoxy) is 2. The van der Waals surface area contributed by atoms with Crippen LogP contribution in [-0.4, -0.2) is 7.11 Å². The zero-order valence-electron chi connectivity index (χ0n) is 10.9. The number of nitrogens with two attached hydrogens (primary N) is 1. The highest BCUT2D eigenvalue weighted by molar-refractivity contribution is 5.54. The molecule has 0 fully saturated rings. The van der Waals surface area contributed by atoms with E-state index in [0.717, 1.165) is 5.56 Å². The number of hydrogen-bond donors (Lipinski definition) is 1. The molecule has 0 saturated heterocycles. The van der Waals surface area contributed by atoms with Gasteiger partial charge >= 0.3 is 0 Å². The third kappa shape index (κ3) is 3.16. The molecule has 0 atom stereocenters. The molecule has 0 heterocycles. The molecule has 0 bridgehead atoms. The quantitative estimate of drug-likeness (QED) is 0.859. The van der Waals surface area contributed by atoms with Gasteiger partial charge in [0.1, 0.15) is 23.9 Å². The van der Waals surface area contributed by atoms with E-state index >= 15 is 0 Å². The Labute approximate surface area is 111 Å². The second-order valence-electron chi connectivity index (χ2n) is 4.29. The molecule has 4 heteroatoms. The molecule has 0 amide bonds. The van der Waals surface area contributed by atoms with Crippen LogP contribution in [0.25, 0.3) is 0 Å². The van der Waals surface area contributed by atoms with Crippen LogP contribution in [0, 0.1) is 12.7 Å². The van der Waals surface area contributed by atoms with Crippen molar-refractivity contribution in [2.45, 2.75) is 13.5 Å². The molecule has 100 valence electrons. The van der Waals surface area contributed by atoms with E-state index in [2.05, 4.69) is 0 Å². The van der Waals surface area contributed by atoms with Crippen LogP contribution in [-0.2, 0) is 6.61 Å². The van der Waals surface area contributed by atoms with E-state index in [-0.39, 0.29) is 12.4 Å². The van der Waals surface area contributed by atoms with Crippen molar-refractivity contribution < 1.29 is 13.9 Å². The van der Waals surface area contributed by atoms with Gasteiger partial charge in [0.2, 0.25) is 0 Å². The van der Waals surface area contributed by atoms with E-state index in [1.54, 1.807) is 12.1 Å². The summed E-state index contributed by atoms with van der Waals surface area (Å²) in [7, 11) is 1.54. The van der Waals surface area contributed by atoms with Gasteiger partial charge in [-0.05, 0) is 42.8 Å². The lowest BCUT2D eigenvalue weighted by atomic mass is 10.2. The van der Waals surface area contributed by atoms with E-state index in [9.17, 15) is 4.39 Å². The number of halogens is 1. The third-order valence-corrected chi connectivity index (χ3v) is 2.79. The summed E-state index contributed by atoms with van der Waals surface area (Å²) in [5.74, 6) is 0.847. The van der Waals surface area contributed by atoms with Gasteiger partial charge in [0.25, 0.3) is 0 Å². The van der Waals surface area contributed by atoms with Crippen LogP contribution in [0.15, 0.2) is 36.4 Å². The van der Waals surface area contributed by atoms with Crippen molar-refractivity contribution in [3.05, 3.63) is 53.3 Å². The highest BCUT2D eigenvalue weighted by atomic mass is 19.1. The fourth-order valence-corrected chi connectivity index (χ4v) is 1.81. The number of aryl methyl sites for hydroxylation is 1. The monoisotopic (exact) mass is 261 g/mol. The topological polar surface area (TPSA) is 44.5 Å². The first-order valence-corrected chi connectivity index (χ1v) is 5.91. The molecular formula is C15H16FNO2. The van der Waals surface area contributed by atoms with Crippen LogP contribution in [0.2, 0.25) is 0 Å². The average molecular weight is 261 g/mol. The van der Waals surface area contributed by atoms with Gasteiger partial charge < -0.3 is 15.2 Å². The molecule has 0 spiro atoms. The molecule has 0 aliphatic carbocycles. The zero-order valence-corrected chi connectivity index (χ0v) is 10.9. The van der Waals surface area contributed by atoms with Gasteiger partial charge in [-0.2, -0.15) is 0 Å². The van der Waals surface area contributed by atoms with E-state index in [1.165, 1.54) is 19.2 Å². The van der Waals surface area contributed by atoms with Gasteiger partial charge in [-0.25, -0.2) is 4.39 Å². The summed E-state index contributed by atoms with van der Waals surface area (Å²) >= 11 is 0. The standard InChI is InChI=1S/C15H16FNO2/c1-10-3-5-15(13(17)7-10)19-9-11-8-12(16)4-6-14(11)18-2/h3-8H,9,17H2,1-2H3. The number of anilines is 1. The second kappa shape index (κ2) is 5.61. The predicted octanol–water partition coefficient (Wildman–Crippen LogP) is 3.30. The molecule has 3 nitrogen and oxygen atoms in total. The number of hydrogen-bond acceptors (Lipinski definition) is 3. The van der Waals surface area contributed by atoms with E-state index in [0.29, 0.717) is 22.7 Å². The van der Waals surface area contributed by atoms with Gasteiger partial charge in [-0.1, -0.05) is 6.07 Å². The van der Waals surface area contributed by atoms with Crippen LogP contribution >= 0.6 is 0 Å². The summed E-state index contributed by atoms with van der Waals surface area (Å²) in [6.07, 6.45) is 0. The van der Waals surface area contributed by atoms with Crippen LogP contribution in [0.3, 0.4) is 0 Å². The normalized spacial score (nSPS) is 10.3. The summed E-state index contributed by atoms with van der Waals surface area (Å²) in [5, 5.41) is 0. The Morgan fingerprint density at radius 3 is 2.53 bits per heavy atom. The maximum atomic E-state index is 13.2. The summed E-state index contributed by atoms with van der Waals surface area (Å²) in [5.41, 5.74) is 8.13. The highest BCUT2D eigenvalue weighted by Gasteiger charge is 2.07. The minimum atomic E-state index is -0.323. The molecule has 2 aromatic rings. The summed E-state index contributed by atoms with van der Waals surface area (Å²) in [6, 6.07) is 9.86. The Balaban J connectivity index is 2.16. The lowest BCUT2D eigenvalue weighted by molar-refractivity contribution is 0.297. The third-order valence-electron chi connectivity index (χ3n) is 2.79. The smallest absolute Gasteiger partial charge is 0.142 e. The van der Waals surface area contributed by atoms with Gasteiger partial charge in [0, 0.05) is 5.56 Å². The minimum absolute atomic E-state index is 0.203. The predicted molar refractivity (Wildman–Crippen MR) is 72.9 cm³/mol. The fraction of sp³-hybridized carbons (Fsp3) is 0.200. The number of benzene rings is 2. The summed E-state index contributed by atoms with van der Waals surface area (Å²) < 4.78 is 24.0. The highest BCUT2D eigenvalue weighted by Crippen LogP contribution is 2.25. The first-order valence-electron chi connectivity index (χ1n) is 5.91. The molecule has 0 aliphatic heterocycles. The van der Waals surface area contributed by atoms with Crippen LogP contribution < -0.4 is 15.2 Å². The lowest BCUT2D eigenvalue weighted by Crippen LogP contribution is -2.01. The van der Waals surface area contributed by atoms with Crippen LogP contribution in [0.1, 0.15) is 11.1 Å². The largest absolute Gasteiger partial charge is 0.496 e. The first-order chi connectivity index (χ1) is 9.10. The maximum absolute atomic E-state index is 13.2. The van der Waals surface area contributed by atoms with Gasteiger partial charge in [0.15, 0.2) is 0 Å². The molecule has 0 aromatic heterocycles. The van der Waals surface area contributed by atoms with Gasteiger partial charge in [-0.3, -0.25) is 0 Å². The van der Waals surface area contributed by atoms with Gasteiger partial charge in [0.05, 0.1) is 12.8 Å². The number of rotatable bonds is 4. The van der Waals surface area contributed by atoms with Crippen molar-refractivity contribution >= 4 is 5.69 Å². The van der Waals surface area contributed by atoms with Crippen molar-refractivity contribution in [2.75, 3.05) is 12.8 Å². The molecule has 0 aliphatic rings. The lowest BCUT2D eigenvalue weighted by Gasteiger charge is -2.12. The molecule has 0 saturated carbocycles. The molecule has 0 radical (unpaired) electrons. The Kier molecular flexibility index (Phi) is 3.90. The Morgan fingerprint density at radius 2 is 1.84 bits per heavy atom. The second-order valence-corrected chi connectivity index (χ2v) is 4.29. The number of methoxy groups -OCH3 is 1. The minimum Gasteiger partial charge on any atom is -0.496 e. The molecule has 2 N–H and O–H groups in total. The number of nitrogen functional groups attached to an aromatic ring is 1. The maximum Gasteiger partial charge on any atom is 0.142 e. The van der Waals surface area contributed by atoms with E-state index in [4.69, 9.17) is 15.2 Å². The van der Waals surface area contributed by atoms with Crippen molar-refractivity contribution in [2.24, 2.45) is 0 Å². The Bertz CT molecular complexity index is 584. The van der Waals surface area contributed by atoms with Crippen molar-refractivity contribution in [3.63, 3.8) is 0 Å². The van der Waals surface area contributed by atoms with E-state index in [1.807, 2.05) is 19.1 Å². The zero-order chi connectivity index (χ0) is 13.8. The molecular weight excluding hydrogens is 245 g/mol. The van der Waals surface area contributed by atoms with Crippen molar-refractivity contribution in [1.82, 2.24) is 0 Å². The van der Waals surface area contributed by atoms with Crippen molar-refractivity contribution in [3.8, 4) is 11.5 Å². The summed E-state index contributed by atoms with van der Waals surface area (Å²) in [4.78, 5) is 0. The Hall–Kier alpha value is -2.23. The van der Waals surface area contributed by atoms with Crippen LogP contribution in [0.5, 0.6) is 11.5 Å². The fourth-order valence-electron chi connectivity index (χ4n) is 1.81. The van der Waals surface area contributed by atoms with E-state index < -0.39 is 0 Å². The van der Waals surface area contributed by atoms with Gasteiger partial charge in [-0.15, -0.1) is 0 Å². The SMILES string of the molecule is COc1ccc(F)cc1COc1ccc(C)cc1N.